The van der Waals surface area contributed by atoms with Gasteiger partial charge >= 0.3 is 0 Å². The molecular weight excluding hydrogens is 188 g/mol. The van der Waals surface area contributed by atoms with E-state index in [1.807, 2.05) is 0 Å². The van der Waals surface area contributed by atoms with E-state index in [1.165, 1.54) is 32.1 Å². The second-order valence-electron chi connectivity index (χ2n) is 4.06. The molecule has 1 unspecified atom stereocenters. The van der Waals surface area contributed by atoms with Gasteiger partial charge in [-0.25, -0.2) is 0 Å². The summed E-state index contributed by atoms with van der Waals surface area (Å²) in [6, 6.07) is 0. The molecule has 0 fully saturated rings. The van der Waals surface area contributed by atoms with E-state index in [9.17, 15) is 4.79 Å². The third kappa shape index (κ3) is 8.43. The van der Waals surface area contributed by atoms with Gasteiger partial charge in [0.15, 0.2) is 0 Å². The summed E-state index contributed by atoms with van der Waals surface area (Å²) in [6.45, 7) is 5.88. The zero-order valence-corrected chi connectivity index (χ0v) is 10.4. The summed E-state index contributed by atoms with van der Waals surface area (Å²) in [5, 5.41) is 5.77. The number of unbranched alkanes of at least 4 members (excludes halogenated alkanes) is 1. The zero-order chi connectivity index (χ0) is 11.5. The van der Waals surface area contributed by atoms with Crippen molar-refractivity contribution in [1.82, 2.24) is 10.6 Å². The van der Waals surface area contributed by atoms with Crippen LogP contribution in [0.25, 0.3) is 0 Å². The smallest absolute Gasteiger partial charge is 0.233 e. The maximum absolute atomic E-state index is 10.9. The third-order valence-corrected chi connectivity index (χ3v) is 2.84. The predicted molar refractivity (Wildman–Crippen MR) is 64.9 cm³/mol. The molecule has 3 nitrogen and oxygen atoms in total. The Morgan fingerprint density at radius 1 is 1.27 bits per heavy atom. The summed E-state index contributed by atoms with van der Waals surface area (Å²) in [5.74, 6) is 0.888. The minimum atomic E-state index is 0.0663. The van der Waals surface area contributed by atoms with E-state index in [0.29, 0.717) is 6.54 Å². The van der Waals surface area contributed by atoms with E-state index in [1.54, 1.807) is 7.05 Å². The number of nitrogens with one attached hydrogen (secondary N) is 2. The molecule has 0 bridgehead atoms. The minimum Gasteiger partial charge on any atom is -0.358 e. The molecule has 0 heterocycles. The second kappa shape index (κ2) is 9.97. The lowest BCUT2D eigenvalue weighted by Gasteiger charge is -2.14. The lowest BCUT2D eigenvalue weighted by atomic mass is 9.96. The molecule has 0 radical (unpaired) electrons. The minimum absolute atomic E-state index is 0.0663. The van der Waals surface area contributed by atoms with Crippen LogP contribution in [-0.4, -0.2) is 26.0 Å². The summed E-state index contributed by atoms with van der Waals surface area (Å²) >= 11 is 0. The van der Waals surface area contributed by atoms with Crippen molar-refractivity contribution >= 4 is 5.91 Å². The molecule has 3 heteroatoms. The van der Waals surface area contributed by atoms with Crippen molar-refractivity contribution in [3.63, 3.8) is 0 Å². The van der Waals surface area contributed by atoms with Crippen LogP contribution in [0.4, 0.5) is 0 Å². The van der Waals surface area contributed by atoms with Gasteiger partial charge in [0.25, 0.3) is 0 Å². The molecule has 1 amide bonds. The van der Waals surface area contributed by atoms with Gasteiger partial charge in [-0.2, -0.15) is 0 Å². The van der Waals surface area contributed by atoms with Gasteiger partial charge in [-0.05, 0) is 18.9 Å². The maximum Gasteiger partial charge on any atom is 0.233 e. The van der Waals surface area contributed by atoms with E-state index in [0.717, 1.165) is 12.5 Å². The van der Waals surface area contributed by atoms with Crippen LogP contribution < -0.4 is 10.6 Å². The molecule has 0 spiro atoms. The predicted octanol–water partition coefficient (Wildman–Crippen LogP) is 1.93. The normalized spacial score (nSPS) is 12.5. The first-order valence-electron chi connectivity index (χ1n) is 6.15. The van der Waals surface area contributed by atoms with Crippen molar-refractivity contribution in [1.29, 1.82) is 0 Å². The number of hydrogen-bond donors (Lipinski definition) is 2. The van der Waals surface area contributed by atoms with Crippen molar-refractivity contribution in [2.75, 3.05) is 20.1 Å². The van der Waals surface area contributed by atoms with E-state index >= 15 is 0 Å². The first-order valence-corrected chi connectivity index (χ1v) is 6.15. The van der Waals surface area contributed by atoms with Gasteiger partial charge in [-0.15, -0.1) is 0 Å². The highest BCUT2D eigenvalue weighted by Crippen LogP contribution is 2.15. The Morgan fingerprint density at radius 2 is 2.00 bits per heavy atom. The van der Waals surface area contributed by atoms with E-state index < -0.39 is 0 Å². The molecule has 0 aliphatic carbocycles. The summed E-state index contributed by atoms with van der Waals surface area (Å²) < 4.78 is 0. The highest BCUT2D eigenvalue weighted by Gasteiger charge is 2.05. The number of carbonyl (C=O) groups excluding carboxylic acids is 1. The maximum atomic E-state index is 10.9. The fourth-order valence-corrected chi connectivity index (χ4v) is 1.64. The third-order valence-electron chi connectivity index (χ3n) is 2.84. The van der Waals surface area contributed by atoms with Gasteiger partial charge in [0, 0.05) is 7.05 Å². The lowest BCUT2D eigenvalue weighted by molar-refractivity contribution is -0.119. The fourth-order valence-electron chi connectivity index (χ4n) is 1.64. The van der Waals surface area contributed by atoms with Crippen LogP contribution >= 0.6 is 0 Å². The quantitative estimate of drug-likeness (QED) is 0.576. The average Bonchev–Trinajstić information content (AvgIpc) is 2.27. The summed E-state index contributed by atoms with van der Waals surface area (Å²) in [7, 11) is 1.67. The van der Waals surface area contributed by atoms with Crippen LogP contribution in [0.2, 0.25) is 0 Å². The van der Waals surface area contributed by atoms with Crippen LogP contribution in [0, 0.1) is 5.92 Å². The van der Waals surface area contributed by atoms with Gasteiger partial charge in [0.05, 0.1) is 6.54 Å². The van der Waals surface area contributed by atoms with Crippen LogP contribution in [-0.2, 0) is 4.79 Å². The van der Waals surface area contributed by atoms with Gasteiger partial charge in [-0.3, -0.25) is 4.79 Å². The molecule has 15 heavy (non-hydrogen) atoms. The highest BCUT2D eigenvalue weighted by molar-refractivity contribution is 5.77. The molecule has 0 rings (SSSR count). The molecule has 2 N–H and O–H groups in total. The van der Waals surface area contributed by atoms with Crippen LogP contribution in [0.3, 0.4) is 0 Å². The van der Waals surface area contributed by atoms with Crippen LogP contribution in [0.5, 0.6) is 0 Å². The van der Waals surface area contributed by atoms with Crippen molar-refractivity contribution in [2.45, 2.75) is 46.0 Å². The number of carbonyl (C=O) groups is 1. The van der Waals surface area contributed by atoms with Crippen molar-refractivity contribution < 1.29 is 4.79 Å². The van der Waals surface area contributed by atoms with Crippen LogP contribution in [0.15, 0.2) is 0 Å². The van der Waals surface area contributed by atoms with E-state index in [2.05, 4.69) is 24.5 Å². The molecule has 0 saturated carbocycles. The Balaban J connectivity index is 3.41. The average molecular weight is 214 g/mol. The molecule has 0 aromatic heterocycles. The summed E-state index contributed by atoms with van der Waals surface area (Å²) in [4.78, 5) is 10.9. The Morgan fingerprint density at radius 3 is 2.53 bits per heavy atom. The molecule has 0 aromatic rings. The standard InChI is InChI=1S/C12H26N2O/c1-4-6-7-11(5-2)8-9-14-10-12(15)13-3/h11,14H,4-10H2,1-3H3,(H,13,15). The molecule has 0 saturated heterocycles. The zero-order valence-electron chi connectivity index (χ0n) is 10.4. The van der Waals surface area contributed by atoms with E-state index in [-0.39, 0.29) is 5.91 Å². The SMILES string of the molecule is CCCCC(CC)CCNCC(=O)NC. The van der Waals surface area contributed by atoms with Crippen molar-refractivity contribution in [3.8, 4) is 0 Å². The largest absolute Gasteiger partial charge is 0.358 e. The molecule has 1 atom stereocenters. The molecule has 0 aromatic carbocycles. The Labute approximate surface area is 94.0 Å². The van der Waals surface area contributed by atoms with Gasteiger partial charge in [0.1, 0.15) is 0 Å². The van der Waals surface area contributed by atoms with Crippen molar-refractivity contribution in [3.05, 3.63) is 0 Å². The number of amides is 1. The second-order valence-corrected chi connectivity index (χ2v) is 4.06. The first-order chi connectivity index (χ1) is 7.24. The highest BCUT2D eigenvalue weighted by atomic mass is 16.1. The molecular formula is C12H26N2O. The Kier molecular flexibility index (Phi) is 9.59. The van der Waals surface area contributed by atoms with Gasteiger partial charge in [-0.1, -0.05) is 39.5 Å². The lowest BCUT2D eigenvalue weighted by Crippen LogP contribution is -2.32. The fraction of sp³-hybridized carbons (Fsp3) is 0.917. The van der Waals surface area contributed by atoms with E-state index in [4.69, 9.17) is 0 Å². The van der Waals surface area contributed by atoms with Crippen molar-refractivity contribution in [2.24, 2.45) is 5.92 Å². The Hall–Kier alpha value is -0.570. The number of rotatable bonds is 9. The topological polar surface area (TPSA) is 41.1 Å². The monoisotopic (exact) mass is 214 g/mol. The molecule has 0 aliphatic rings. The Bertz CT molecular complexity index is 160. The summed E-state index contributed by atoms with van der Waals surface area (Å²) in [5.41, 5.74) is 0. The number of hydrogen-bond acceptors (Lipinski definition) is 2. The first kappa shape index (κ1) is 14.4. The molecule has 90 valence electrons. The van der Waals surface area contributed by atoms with Gasteiger partial charge in [0.2, 0.25) is 5.91 Å². The van der Waals surface area contributed by atoms with Gasteiger partial charge < -0.3 is 10.6 Å². The molecule has 0 aliphatic heterocycles. The summed E-state index contributed by atoms with van der Waals surface area (Å²) in [6.07, 6.45) is 6.37. The number of likely N-dealkylation sites (N-methyl/N-ethyl adjacent to an activating group) is 1. The van der Waals surface area contributed by atoms with Crippen LogP contribution in [0.1, 0.15) is 46.0 Å².